The Kier molecular flexibility index (Phi) is 2.35. The number of nitrogens with zero attached hydrogens (tertiary/aromatic N) is 1. The number of nitro groups is 1. The number of hydrogen-bond donors (Lipinski definition) is 0. The maximum absolute atomic E-state index is 12.3. The standard InChI is InChI=1S/C6H3BrF5NO2S/c7-4-1-5(13(14)15)3-6(2-4)16(8,9,10,11)12/h1-3H. The number of nitro benzene ring substituents is 1. The van der Waals surface area contributed by atoms with E-state index < -0.39 is 30.2 Å². The molecular weight excluding hydrogens is 325 g/mol. The van der Waals surface area contributed by atoms with Crippen LogP contribution in [0.4, 0.5) is 25.1 Å². The highest BCUT2D eigenvalue weighted by Crippen LogP contribution is 3.02. The molecule has 0 bridgehead atoms. The summed E-state index contributed by atoms with van der Waals surface area (Å²) in [7, 11) is -9.88. The second-order valence-electron chi connectivity index (χ2n) is 2.87. The molecule has 0 N–H and O–H groups in total. The molecule has 0 fully saturated rings. The third-order valence-electron chi connectivity index (χ3n) is 1.51. The van der Waals surface area contributed by atoms with Gasteiger partial charge in [-0.15, -0.1) is 0 Å². The van der Waals surface area contributed by atoms with Crippen LogP contribution in [0.25, 0.3) is 0 Å². The average Bonchev–Trinajstić information content (AvgIpc) is 1.98. The zero-order chi connectivity index (χ0) is 12.8. The first kappa shape index (κ1) is 13.2. The SMILES string of the molecule is O=[N+]([O-])c1cc(Br)cc(S(F)(F)(F)(F)F)c1. The Morgan fingerprint density at radius 2 is 1.62 bits per heavy atom. The Morgan fingerprint density at radius 1 is 1.12 bits per heavy atom. The predicted molar refractivity (Wildman–Crippen MR) is 52.2 cm³/mol. The molecule has 3 nitrogen and oxygen atoms in total. The molecule has 10 heteroatoms. The molecule has 0 spiro atoms. The van der Waals surface area contributed by atoms with Crippen LogP contribution in [-0.4, -0.2) is 4.92 Å². The molecule has 0 heterocycles. The topological polar surface area (TPSA) is 43.1 Å². The average molecular weight is 328 g/mol. The van der Waals surface area contributed by atoms with Gasteiger partial charge < -0.3 is 0 Å². The first-order chi connectivity index (χ1) is 6.79. The van der Waals surface area contributed by atoms with Crippen molar-refractivity contribution in [3.63, 3.8) is 0 Å². The predicted octanol–water partition coefficient (Wildman–Crippen LogP) is 5.01. The third-order valence-corrected chi connectivity index (χ3v) is 3.10. The molecule has 16 heavy (non-hydrogen) atoms. The molecule has 0 saturated carbocycles. The lowest BCUT2D eigenvalue weighted by atomic mass is 10.3. The zero-order valence-corrected chi connectivity index (χ0v) is 9.57. The maximum atomic E-state index is 12.3. The van der Waals surface area contributed by atoms with Gasteiger partial charge in [-0.25, -0.2) is 0 Å². The van der Waals surface area contributed by atoms with Crippen LogP contribution in [0.2, 0.25) is 0 Å². The molecule has 0 radical (unpaired) electrons. The summed E-state index contributed by atoms with van der Waals surface area (Å²) in [4.78, 5) is 6.75. The van der Waals surface area contributed by atoms with Crippen LogP contribution in [0.3, 0.4) is 0 Å². The molecule has 1 aromatic rings. The monoisotopic (exact) mass is 327 g/mol. The van der Waals surface area contributed by atoms with Gasteiger partial charge in [0, 0.05) is 16.6 Å². The minimum Gasteiger partial charge on any atom is -0.258 e. The van der Waals surface area contributed by atoms with E-state index in [1.54, 1.807) is 0 Å². The van der Waals surface area contributed by atoms with Crippen molar-refractivity contribution in [2.45, 2.75) is 4.90 Å². The number of rotatable bonds is 2. The molecule has 0 aliphatic heterocycles. The normalized spacial score (nSPS) is 16.4. The van der Waals surface area contributed by atoms with Gasteiger partial charge in [0.1, 0.15) is 4.90 Å². The van der Waals surface area contributed by atoms with Gasteiger partial charge in [-0.1, -0.05) is 35.4 Å². The van der Waals surface area contributed by atoms with Crippen LogP contribution in [0, 0.1) is 10.1 Å². The van der Waals surface area contributed by atoms with Crippen LogP contribution in [0.5, 0.6) is 0 Å². The second-order valence-corrected chi connectivity index (χ2v) is 6.20. The summed E-state index contributed by atoms with van der Waals surface area (Å²) >= 11 is 2.50. The molecule has 1 rings (SSSR count). The molecule has 0 aliphatic rings. The molecule has 0 aliphatic carbocycles. The Balaban J connectivity index is 3.56. The van der Waals surface area contributed by atoms with Gasteiger partial charge in [-0.3, -0.25) is 10.1 Å². The number of halogens is 6. The summed E-state index contributed by atoms with van der Waals surface area (Å²) in [6, 6.07) is 0.619. The minimum atomic E-state index is -9.88. The number of benzene rings is 1. The Bertz CT molecular complexity index is 473. The molecule has 0 unspecified atom stereocenters. The van der Waals surface area contributed by atoms with E-state index in [1.165, 1.54) is 0 Å². The Labute approximate surface area is 94.3 Å². The highest BCUT2D eigenvalue weighted by atomic mass is 79.9. The minimum absolute atomic E-state index is 0.106. The quantitative estimate of drug-likeness (QED) is 0.435. The van der Waals surface area contributed by atoms with Crippen molar-refractivity contribution in [2.24, 2.45) is 0 Å². The molecule has 0 atom stereocenters. The van der Waals surface area contributed by atoms with Gasteiger partial charge in [0.15, 0.2) is 0 Å². The van der Waals surface area contributed by atoms with Crippen LogP contribution in [0.15, 0.2) is 27.6 Å². The summed E-state index contributed by atoms with van der Waals surface area (Å²) in [5, 5.41) is 10.2. The van der Waals surface area contributed by atoms with E-state index in [4.69, 9.17) is 0 Å². The van der Waals surface area contributed by atoms with E-state index in [-0.39, 0.29) is 12.1 Å². The van der Waals surface area contributed by atoms with Gasteiger partial charge >= 0.3 is 10.2 Å². The smallest absolute Gasteiger partial charge is 0.258 e. The van der Waals surface area contributed by atoms with E-state index >= 15 is 0 Å². The van der Waals surface area contributed by atoms with Crippen molar-refractivity contribution in [1.29, 1.82) is 0 Å². The fourth-order valence-corrected chi connectivity index (χ4v) is 2.20. The van der Waals surface area contributed by atoms with Crippen molar-refractivity contribution in [1.82, 2.24) is 0 Å². The lowest BCUT2D eigenvalue weighted by Crippen LogP contribution is -2.06. The van der Waals surface area contributed by atoms with Crippen LogP contribution >= 0.6 is 26.2 Å². The van der Waals surface area contributed by atoms with Gasteiger partial charge in [0.2, 0.25) is 0 Å². The van der Waals surface area contributed by atoms with E-state index in [0.29, 0.717) is 6.07 Å². The van der Waals surface area contributed by atoms with Crippen molar-refractivity contribution in [3.05, 3.63) is 32.8 Å². The molecule has 0 saturated heterocycles. The van der Waals surface area contributed by atoms with Crippen LogP contribution in [0.1, 0.15) is 0 Å². The highest BCUT2D eigenvalue weighted by molar-refractivity contribution is 9.10. The molecule has 92 valence electrons. The molecule has 0 amide bonds. The number of non-ortho nitro benzene ring substituents is 1. The molecule has 0 aromatic heterocycles. The Morgan fingerprint density at radius 3 is 2.00 bits per heavy atom. The van der Waals surface area contributed by atoms with Crippen LogP contribution in [-0.2, 0) is 0 Å². The fraction of sp³-hybridized carbons (Fsp3) is 0. The fourth-order valence-electron chi connectivity index (χ4n) is 0.876. The second kappa shape index (κ2) is 2.86. The summed E-state index contributed by atoms with van der Waals surface area (Å²) in [5.74, 6) is 0. The maximum Gasteiger partial charge on any atom is 0.310 e. The van der Waals surface area contributed by atoms with E-state index in [0.717, 1.165) is 0 Å². The van der Waals surface area contributed by atoms with Gasteiger partial charge in [-0.05, 0) is 6.07 Å². The third kappa shape index (κ3) is 3.04. The van der Waals surface area contributed by atoms with Crippen LogP contribution < -0.4 is 0 Å². The first-order valence-corrected chi connectivity index (χ1v) is 6.23. The van der Waals surface area contributed by atoms with Crippen molar-refractivity contribution in [2.75, 3.05) is 0 Å². The van der Waals surface area contributed by atoms with Gasteiger partial charge in [0.05, 0.1) is 4.92 Å². The van der Waals surface area contributed by atoms with Crippen molar-refractivity contribution < 1.29 is 24.4 Å². The lowest BCUT2D eigenvalue weighted by Gasteiger charge is -2.40. The summed E-state index contributed by atoms with van der Waals surface area (Å²) in [5.41, 5.74) is -1.06. The summed E-state index contributed by atoms with van der Waals surface area (Å²) < 4.78 is 61.2. The largest absolute Gasteiger partial charge is 0.310 e. The van der Waals surface area contributed by atoms with E-state index in [1.807, 2.05) is 0 Å². The van der Waals surface area contributed by atoms with Gasteiger partial charge in [0.25, 0.3) is 5.69 Å². The molecule has 1 aromatic carbocycles. The van der Waals surface area contributed by atoms with Crippen molar-refractivity contribution >= 4 is 31.8 Å². The van der Waals surface area contributed by atoms with Crippen molar-refractivity contribution in [3.8, 4) is 0 Å². The first-order valence-electron chi connectivity index (χ1n) is 3.49. The number of hydrogen-bond acceptors (Lipinski definition) is 2. The van der Waals surface area contributed by atoms with E-state index in [9.17, 15) is 29.5 Å². The highest BCUT2D eigenvalue weighted by Gasteiger charge is 2.65. The lowest BCUT2D eigenvalue weighted by molar-refractivity contribution is -0.385. The van der Waals surface area contributed by atoms with Gasteiger partial charge in [-0.2, -0.15) is 0 Å². The van der Waals surface area contributed by atoms with E-state index in [2.05, 4.69) is 15.9 Å². The molecular formula is C6H3BrF5NO2S. The summed E-state index contributed by atoms with van der Waals surface area (Å²) in [6.45, 7) is 0. The zero-order valence-electron chi connectivity index (χ0n) is 7.17. The summed E-state index contributed by atoms with van der Waals surface area (Å²) in [6.07, 6.45) is 0. The Hall–Kier alpha value is -0.900.